The lowest BCUT2D eigenvalue weighted by Crippen LogP contribution is -2.10. The Labute approximate surface area is 282 Å². The van der Waals surface area contributed by atoms with E-state index in [0.29, 0.717) is 0 Å². The Morgan fingerprint density at radius 2 is 0.918 bits per heavy atom. The van der Waals surface area contributed by atoms with Crippen LogP contribution in [-0.4, -0.2) is 0 Å². The Morgan fingerprint density at radius 1 is 0.347 bits per heavy atom. The molecule has 8 aromatic carbocycles. The van der Waals surface area contributed by atoms with E-state index in [1.807, 2.05) is 30.3 Å². The van der Waals surface area contributed by atoms with Crippen LogP contribution >= 0.6 is 0 Å². The molecule has 3 heteroatoms. The summed E-state index contributed by atoms with van der Waals surface area (Å²) in [6, 6.07) is 62.1. The van der Waals surface area contributed by atoms with Crippen molar-refractivity contribution < 1.29 is 8.83 Å². The molecule has 0 saturated carbocycles. The summed E-state index contributed by atoms with van der Waals surface area (Å²) in [4.78, 5) is 2.36. The zero-order chi connectivity index (χ0) is 32.3. The molecular formula is C46H29NO2. The van der Waals surface area contributed by atoms with E-state index < -0.39 is 0 Å². The summed E-state index contributed by atoms with van der Waals surface area (Å²) in [6.45, 7) is 0. The van der Waals surface area contributed by atoms with Gasteiger partial charge in [0.1, 0.15) is 22.3 Å². The highest BCUT2D eigenvalue weighted by molar-refractivity contribution is 6.14. The highest BCUT2D eigenvalue weighted by atomic mass is 16.3. The Balaban J connectivity index is 1.17. The van der Waals surface area contributed by atoms with Gasteiger partial charge in [-0.15, -0.1) is 0 Å². The van der Waals surface area contributed by atoms with Crippen molar-refractivity contribution in [1.29, 1.82) is 0 Å². The number of furan rings is 2. The van der Waals surface area contributed by atoms with E-state index in [4.69, 9.17) is 8.83 Å². The van der Waals surface area contributed by atoms with E-state index in [1.165, 1.54) is 21.9 Å². The van der Waals surface area contributed by atoms with E-state index in [-0.39, 0.29) is 0 Å². The van der Waals surface area contributed by atoms with Crippen LogP contribution in [0.4, 0.5) is 17.1 Å². The molecule has 0 N–H and O–H groups in total. The van der Waals surface area contributed by atoms with Gasteiger partial charge in [0.15, 0.2) is 0 Å². The molecule has 0 unspecified atom stereocenters. The Bertz CT molecular complexity index is 2830. The molecule has 10 rings (SSSR count). The molecule has 2 aromatic heterocycles. The fourth-order valence-corrected chi connectivity index (χ4v) is 7.46. The van der Waals surface area contributed by atoms with Gasteiger partial charge in [-0.2, -0.15) is 0 Å². The summed E-state index contributed by atoms with van der Waals surface area (Å²) in [5.41, 5.74) is 11.4. The van der Waals surface area contributed by atoms with Gasteiger partial charge in [0.2, 0.25) is 0 Å². The number of hydrogen-bond acceptors (Lipinski definition) is 3. The van der Waals surface area contributed by atoms with Crippen LogP contribution in [0.15, 0.2) is 185 Å². The van der Waals surface area contributed by atoms with E-state index >= 15 is 0 Å². The lowest BCUT2D eigenvalue weighted by Gasteiger charge is -2.27. The maximum Gasteiger partial charge on any atom is 0.137 e. The minimum atomic E-state index is 0.865. The molecule has 10 aromatic rings. The van der Waals surface area contributed by atoms with Crippen LogP contribution in [-0.2, 0) is 0 Å². The van der Waals surface area contributed by atoms with Crippen molar-refractivity contribution >= 4 is 71.7 Å². The van der Waals surface area contributed by atoms with Crippen LogP contribution < -0.4 is 4.90 Å². The topological polar surface area (TPSA) is 29.5 Å². The maximum atomic E-state index is 6.37. The largest absolute Gasteiger partial charge is 0.456 e. The average molecular weight is 628 g/mol. The van der Waals surface area contributed by atoms with Crippen molar-refractivity contribution in [2.75, 3.05) is 4.90 Å². The highest BCUT2D eigenvalue weighted by Gasteiger charge is 2.20. The van der Waals surface area contributed by atoms with Crippen molar-refractivity contribution in [3.63, 3.8) is 0 Å². The average Bonchev–Trinajstić information content (AvgIpc) is 3.74. The molecular weight excluding hydrogens is 599 g/mol. The second-order valence-electron chi connectivity index (χ2n) is 12.5. The second-order valence-corrected chi connectivity index (χ2v) is 12.5. The minimum absolute atomic E-state index is 0.865. The van der Waals surface area contributed by atoms with Crippen LogP contribution in [0.1, 0.15) is 0 Å². The summed E-state index contributed by atoms with van der Waals surface area (Å²) < 4.78 is 12.6. The van der Waals surface area contributed by atoms with Crippen LogP contribution in [0.3, 0.4) is 0 Å². The van der Waals surface area contributed by atoms with Gasteiger partial charge in [-0.3, -0.25) is 0 Å². The van der Waals surface area contributed by atoms with Gasteiger partial charge in [-0.25, -0.2) is 0 Å². The lowest BCUT2D eigenvalue weighted by atomic mass is 9.97. The number of nitrogens with zero attached hydrogens (tertiary/aromatic N) is 1. The molecule has 49 heavy (non-hydrogen) atoms. The van der Waals surface area contributed by atoms with Gasteiger partial charge in [-0.05, 0) is 87.6 Å². The molecule has 0 fully saturated rings. The quantitative estimate of drug-likeness (QED) is 0.190. The smallest absolute Gasteiger partial charge is 0.137 e. The summed E-state index contributed by atoms with van der Waals surface area (Å²) >= 11 is 0. The fourth-order valence-electron chi connectivity index (χ4n) is 7.46. The van der Waals surface area contributed by atoms with Crippen LogP contribution in [0, 0.1) is 0 Å². The summed E-state index contributed by atoms with van der Waals surface area (Å²) in [5, 5.41) is 6.92. The van der Waals surface area contributed by atoms with Crippen molar-refractivity contribution in [3.05, 3.63) is 176 Å². The molecule has 0 radical (unpaired) electrons. The molecule has 0 bridgehead atoms. The maximum absolute atomic E-state index is 6.37. The molecule has 2 heterocycles. The first kappa shape index (κ1) is 27.5. The molecule has 0 saturated heterocycles. The van der Waals surface area contributed by atoms with Gasteiger partial charge in [-0.1, -0.05) is 121 Å². The second kappa shape index (κ2) is 11.0. The minimum Gasteiger partial charge on any atom is -0.456 e. The van der Waals surface area contributed by atoms with Crippen LogP contribution in [0.2, 0.25) is 0 Å². The number of fused-ring (bicyclic) bond motifs is 7. The Hall–Kier alpha value is -6.58. The van der Waals surface area contributed by atoms with Crippen molar-refractivity contribution in [2.24, 2.45) is 0 Å². The van der Waals surface area contributed by atoms with Crippen LogP contribution in [0.25, 0.3) is 76.9 Å². The predicted octanol–water partition coefficient (Wildman–Crippen LogP) is 13.4. The molecule has 0 spiro atoms. The molecule has 3 nitrogen and oxygen atoms in total. The fraction of sp³-hybridized carbons (Fsp3) is 0. The van der Waals surface area contributed by atoms with Crippen LogP contribution in [0.5, 0.6) is 0 Å². The molecule has 0 aliphatic rings. The molecule has 0 aliphatic carbocycles. The molecule has 230 valence electrons. The SMILES string of the molecule is c1cc(-c2cccc3ccccc23)cc(N(c2ccc(-c3cccc4oc5ccccc5c34)cc2)c2cccc3oc4ccccc4c23)c1. The van der Waals surface area contributed by atoms with E-state index in [0.717, 1.165) is 72.1 Å². The summed E-state index contributed by atoms with van der Waals surface area (Å²) in [6.07, 6.45) is 0. The molecule has 0 aliphatic heterocycles. The first-order valence-corrected chi connectivity index (χ1v) is 16.6. The highest BCUT2D eigenvalue weighted by Crippen LogP contribution is 2.45. The third-order valence-corrected chi connectivity index (χ3v) is 9.67. The van der Waals surface area contributed by atoms with Crippen molar-refractivity contribution in [2.45, 2.75) is 0 Å². The monoisotopic (exact) mass is 627 g/mol. The van der Waals surface area contributed by atoms with E-state index in [2.05, 4.69) is 150 Å². The normalized spacial score (nSPS) is 11.7. The predicted molar refractivity (Wildman–Crippen MR) is 204 cm³/mol. The zero-order valence-corrected chi connectivity index (χ0v) is 26.5. The third-order valence-electron chi connectivity index (χ3n) is 9.67. The standard InChI is InChI=1S/C46H29NO2/c1-2-15-35-30(11-1)12-8-18-36(35)32-13-7-14-34(29-32)47(40-20-10-24-44-46(40)39-17-4-6-22-42(39)49-44)33-27-25-31(26-28-33)37-19-9-23-43-45(37)38-16-3-5-21-41(38)48-43/h1-29H. The van der Waals surface area contributed by atoms with Gasteiger partial charge in [0.25, 0.3) is 0 Å². The lowest BCUT2D eigenvalue weighted by molar-refractivity contribution is 0.668. The van der Waals surface area contributed by atoms with Gasteiger partial charge in [0.05, 0.1) is 11.1 Å². The molecule has 0 atom stereocenters. The number of rotatable bonds is 5. The summed E-state index contributed by atoms with van der Waals surface area (Å²) in [7, 11) is 0. The van der Waals surface area contributed by atoms with E-state index in [1.54, 1.807) is 0 Å². The van der Waals surface area contributed by atoms with Gasteiger partial charge < -0.3 is 13.7 Å². The van der Waals surface area contributed by atoms with Crippen molar-refractivity contribution in [3.8, 4) is 22.3 Å². The number of anilines is 3. The van der Waals surface area contributed by atoms with Crippen molar-refractivity contribution in [1.82, 2.24) is 0 Å². The summed E-state index contributed by atoms with van der Waals surface area (Å²) in [5.74, 6) is 0. The number of hydrogen-bond donors (Lipinski definition) is 0. The molecule has 0 amide bonds. The van der Waals surface area contributed by atoms with Gasteiger partial charge >= 0.3 is 0 Å². The Morgan fingerprint density at radius 3 is 1.71 bits per heavy atom. The first-order valence-electron chi connectivity index (χ1n) is 16.6. The zero-order valence-electron chi connectivity index (χ0n) is 26.5. The number of benzene rings is 8. The number of para-hydroxylation sites is 2. The Kier molecular flexibility index (Phi) is 6.18. The third kappa shape index (κ3) is 4.44. The van der Waals surface area contributed by atoms with Gasteiger partial charge in [0, 0.05) is 27.5 Å². The first-order chi connectivity index (χ1) is 24.3. The van der Waals surface area contributed by atoms with E-state index in [9.17, 15) is 0 Å².